The fourth-order valence-corrected chi connectivity index (χ4v) is 3.11. The molecule has 0 bridgehead atoms. The van der Waals surface area contributed by atoms with Gasteiger partial charge in [-0.25, -0.2) is 0 Å². The van der Waals surface area contributed by atoms with E-state index in [2.05, 4.69) is 54.8 Å². The lowest BCUT2D eigenvalue weighted by atomic mass is 9.85. The Bertz CT molecular complexity index is 357. The van der Waals surface area contributed by atoms with E-state index >= 15 is 0 Å². The summed E-state index contributed by atoms with van der Waals surface area (Å²) in [6.45, 7) is 8.07. The zero-order valence-corrected chi connectivity index (χ0v) is 13.1. The van der Waals surface area contributed by atoms with Crippen LogP contribution >= 0.6 is 0 Å². The monoisotopic (exact) mass is 274 g/mol. The second kappa shape index (κ2) is 8.43. The number of piperidine rings is 1. The lowest BCUT2D eigenvalue weighted by molar-refractivity contribution is 0.247. The van der Waals surface area contributed by atoms with Crippen molar-refractivity contribution in [1.82, 2.24) is 10.6 Å². The number of nitrogens with one attached hydrogen (secondary N) is 2. The normalized spacial score (nSPS) is 22.4. The van der Waals surface area contributed by atoms with Crippen LogP contribution in [-0.4, -0.2) is 19.1 Å². The van der Waals surface area contributed by atoms with Gasteiger partial charge in [-0.1, -0.05) is 50.6 Å². The van der Waals surface area contributed by atoms with E-state index in [-0.39, 0.29) is 0 Å². The van der Waals surface area contributed by atoms with Crippen molar-refractivity contribution in [3.05, 3.63) is 35.9 Å². The summed E-state index contributed by atoms with van der Waals surface area (Å²) in [4.78, 5) is 0. The van der Waals surface area contributed by atoms with E-state index < -0.39 is 0 Å². The van der Waals surface area contributed by atoms with Gasteiger partial charge in [-0.05, 0) is 49.8 Å². The molecule has 0 radical (unpaired) electrons. The van der Waals surface area contributed by atoms with Crippen molar-refractivity contribution >= 4 is 0 Å². The standard InChI is InChI=1S/C18H30N2/c1-3-15(2)12-18(17-10-7-11-19-14-17)20-13-16-8-5-4-6-9-16/h4-6,8-9,15,17-20H,3,7,10-14H2,1-2H3/t15-,17?,18?/m0/s1. The van der Waals surface area contributed by atoms with Crippen LogP contribution in [0, 0.1) is 11.8 Å². The Morgan fingerprint density at radius 1 is 1.30 bits per heavy atom. The molecule has 1 saturated heterocycles. The lowest BCUT2D eigenvalue weighted by Gasteiger charge is -2.33. The van der Waals surface area contributed by atoms with Crippen molar-refractivity contribution < 1.29 is 0 Å². The van der Waals surface area contributed by atoms with E-state index in [9.17, 15) is 0 Å². The van der Waals surface area contributed by atoms with E-state index in [4.69, 9.17) is 0 Å². The molecule has 1 heterocycles. The summed E-state index contributed by atoms with van der Waals surface area (Å²) in [7, 11) is 0. The molecule has 1 fully saturated rings. The Morgan fingerprint density at radius 2 is 2.10 bits per heavy atom. The number of benzene rings is 1. The molecule has 2 nitrogen and oxygen atoms in total. The highest BCUT2D eigenvalue weighted by Gasteiger charge is 2.24. The first-order valence-corrected chi connectivity index (χ1v) is 8.27. The maximum Gasteiger partial charge on any atom is 0.0208 e. The second-order valence-electron chi connectivity index (χ2n) is 6.33. The number of hydrogen-bond donors (Lipinski definition) is 2. The van der Waals surface area contributed by atoms with E-state index in [1.807, 2.05) is 0 Å². The Hall–Kier alpha value is -0.860. The fraction of sp³-hybridized carbons (Fsp3) is 0.667. The van der Waals surface area contributed by atoms with Crippen LogP contribution in [0.4, 0.5) is 0 Å². The van der Waals surface area contributed by atoms with Crippen LogP contribution in [0.2, 0.25) is 0 Å². The Balaban J connectivity index is 1.90. The molecule has 20 heavy (non-hydrogen) atoms. The van der Waals surface area contributed by atoms with Gasteiger partial charge in [-0.3, -0.25) is 0 Å². The van der Waals surface area contributed by atoms with Gasteiger partial charge in [0.25, 0.3) is 0 Å². The smallest absolute Gasteiger partial charge is 0.0208 e. The molecule has 2 unspecified atom stereocenters. The Kier molecular flexibility index (Phi) is 6.55. The molecule has 2 rings (SSSR count). The predicted octanol–water partition coefficient (Wildman–Crippen LogP) is 3.58. The molecule has 3 atom stereocenters. The molecule has 0 amide bonds. The lowest BCUT2D eigenvalue weighted by Crippen LogP contribution is -2.44. The van der Waals surface area contributed by atoms with Crippen molar-refractivity contribution in [3.8, 4) is 0 Å². The summed E-state index contributed by atoms with van der Waals surface area (Å²) in [5.74, 6) is 1.60. The van der Waals surface area contributed by atoms with Gasteiger partial charge in [-0.2, -0.15) is 0 Å². The van der Waals surface area contributed by atoms with E-state index in [0.717, 1.165) is 18.4 Å². The topological polar surface area (TPSA) is 24.1 Å². The first-order valence-electron chi connectivity index (χ1n) is 8.27. The third-order valence-corrected chi connectivity index (χ3v) is 4.67. The van der Waals surface area contributed by atoms with Crippen LogP contribution in [0.1, 0.15) is 45.1 Å². The van der Waals surface area contributed by atoms with Crippen LogP contribution in [0.25, 0.3) is 0 Å². The molecule has 1 aromatic rings. The second-order valence-corrected chi connectivity index (χ2v) is 6.33. The summed E-state index contributed by atoms with van der Waals surface area (Å²) in [6.07, 6.45) is 5.28. The van der Waals surface area contributed by atoms with Crippen molar-refractivity contribution in [2.45, 2.75) is 52.1 Å². The van der Waals surface area contributed by atoms with Gasteiger partial charge in [-0.15, -0.1) is 0 Å². The quantitative estimate of drug-likeness (QED) is 0.794. The number of hydrogen-bond acceptors (Lipinski definition) is 2. The summed E-state index contributed by atoms with van der Waals surface area (Å²) in [6, 6.07) is 11.4. The minimum Gasteiger partial charge on any atom is -0.316 e. The molecule has 112 valence electrons. The van der Waals surface area contributed by atoms with Crippen LogP contribution < -0.4 is 10.6 Å². The molecule has 2 heteroatoms. The summed E-state index contributed by atoms with van der Waals surface area (Å²) < 4.78 is 0. The Labute approximate surface area is 124 Å². The highest BCUT2D eigenvalue weighted by Crippen LogP contribution is 2.22. The first-order chi connectivity index (χ1) is 9.79. The molecule has 1 aliphatic rings. The van der Waals surface area contributed by atoms with Gasteiger partial charge >= 0.3 is 0 Å². The van der Waals surface area contributed by atoms with E-state index in [1.165, 1.54) is 44.3 Å². The van der Waals surface area contributed by atoms with Gasteiger partial charge in [0.2, 0.25) is 0 Å². The van der Waals surface area contributed by atoms with Crippen molar-refractivity contribution in [2.24, 2.45) is 11.8 Å². The molecule has 0 aliphatic carbocycles. The average molecular weight is 274 g/mol. The van der Waals surface area contributed by atoms with Gasteiger partial charge in [0.05, 0.1) is 0 Å². The minimum atomic E-state index is 0.651. The zero-order chi connectivity index (χ0) is 14.2. The summed E-state index contributed by atoms with van der Waals surface area (Å²) >= 11 is 0. The molecular formula is C18H30N2. The predicted molar refractivity (Wildman–Crippen MR) is 86.7 cm³/mol. The molecule has 1 aliphatic heterocycles. The number of rotatable bonds is 7. The maximum absolute atomic E-state index is 3.83. The first kappa shape index (κ1) is 15.5. The highest BCUT2D eigenvalue weighted by molar-refractivity contribution is 5.14. The van der Waals surface area contributed by atoms with Crippen molar-refractivity contribution in [2.75, 3.05) is 13.1 Å². The Morgan fingerprint density at radius 3 is 2.75 bits per heavy atom. The fourth-order valence-electron chi connectivity index (χ4n) is 3.11. The maximum atomic E-state index is 3.83. The van der Waals surface area contributed by atoms with Gasteiger partial charge in [0.1, 0.15) is 0 Å². The van der Waals surface area contributed by atoms with Gasteiger partial charge in [0.15, 0.2) is 0 Å². The largest absolute Gasteiger partial charge is 0.316 e. The molecule has 0 spiro atoms. The van der Waals surface area contributed by atoms with Crippen molar-refractivity contribution in [3.63, 3.8) is 0 Å². The van der Waals surface area contributed by atoms with Crippen LogP contribution in [0.3, 0.4) is 0 Å². The van der Waals surface area contributed by atoms with Crippen LogP contribution in [0.15, 0.2) is 30.3 Å². The van der Waals surface area contributed by atoms with E-state index in [0.29, 0.717) is 6.04 Å². The van der Waals surface area contributed by atoms with E-state index in [1.54, 1.807) is 0 Å². The third kappa shape index (κ3) is 4.92. The van der Waals surface area contributed by atoms with Crippen LogP contribution in [-0.2, 0) is 6.54 Å². The molecule has 1 aromatic carbocycles. The minimum absolute atomic E-state index is 0.651. The molecule has 2 N–H and O–H groups in total. The third-order valence-electron chi connectivity index (χ3n) is 4.67. The van der Waals surface area contributed by atoms with Gasteiger partial charge < -0.3 is 10.6 Å². The summed E-state index contributed by atoms with van der Waals surface area (Å²) in [5, 5.41) is 7.40. The van der Waals surface area contributed by atoms with Crippen LogP contribution in [0.5, 0.6) is 0 Å². The highest BCUT2D eigenvalue weighted by atomic mass is 15.0. The molecule has 0 saturated carbocycles. The summed E-state index contributed by atoms with van der Waals surface area (Å²) in [5.41, 5.74) is 1.39. The average Bonchev–Trinajstić information content (AvgIpc) is 2.53. The van der Waals surface area contributed by atoms with Crippen molar-refractivity contribution in [1.29, 1.82) is 0 Å². The molecule has 0 aromatic heterocycles. The zero-order valence-electron chi connectivity index (χ0n) is 13.1. The molecular weight excluding hydrogens is 244 g/mol. The SMILES string of the molecule is CC[C@H](C)CC(NCc1ccccc1)C1CCCNC1. The van der Waals surface area contributed by atoms with Gasteiger partial charge in [0, 0.05) is 12.6 Å².